The van der Waals surface area contributed by atoms with Crippen molar-refractivity contribution in [3.8, 4) is 5.75 Å². The molecule has 44 heavy (non-hydrogen) atoms. The molecule has 4 aliphatic heterocycles. The van der Waals surface area contributed by atoms with Crippen LogP contribution in [0.5, 0.6) is 5.75 Å². The lowest BCUT2D eigenvalue weighted by Crippen LogP contribution is -2.51. The Balaban J connectivity index is 1.00. The van der Waals surface area contributed by atoms with Crippen LogP contribution in [-0.2, 0) is 21.2 Å². The largest absolute Gasteiger partial charge is 0.483 e. The molecule has 2 aromatic carbocycles. The van der Waals surface area contributed by atoms with Crippen molar-refractivity contribution in [3.05, 3.63) is 71.0 Å². The SMILES string of the molecule is Cc1cc(C2CN([C@H]3CCN(C(=O)OCc4ccccc4)C3)C2)cc2c1O[C@@H](C)c1c(ncnc1N1CCS(=O)(=O)CC1)N2. The maximum atomic E-state index is 12.7. The van der Waals surface area contributed by atoms with Crippen molar-refractivity contribution in [2.24, 2.45) is 0 Å². The number of benzene rings is 2. The summed E-state index contributed by atoms with van der Waals surface area (Å²) >= 11 is 0. The predicted molar refractivity (Wildman–Crippen MR) is 167 cm³/mol. The Bertz CT molecular complexity index is 1650. The topological polar surface area (TPSA) is 117 Å². The van der Waals surface area contributed by atoms with E-state index in [4.69, 9.17) is 9.47 Å². The van der Waals surface area contributed by atoms with E-state index in [-0.39, 0.29) is 23.7 Å². The van der Waals surface area contributed by atoms with Crippen molar-refractivity contribution in [3.63, 3.8) is 0 Å². The maximum absolute atomic E-state index is 12.7. The molecule has 3 aromatic rings. The fraction of sp³-hybridized carbons (Fsp3) is 0.469. The molecule has 0 spiro atoms. The van der Waals surface area contributed by atoms with Gasteiger partial charge in [0.15, 0.2) is 9.84 Å². The molecule has 4 aliphatic rings. The molecule has 1 amide bonds. The first kappa shape index (κ1) is 28.8. The number of nitrogens with zero attached hydrogens (tertiary/aromatic N) is 5. The van der Waals surface area contributed by atoms with Crippen LogP contribution in [0.2, 0.25) is 0 Å². The number of hydrogen-bond acceptors (Lipinski definition) is 10. The Morgan fingerprint density at radius 2 is 1.84 bits per heavy atom. The Kier molecular flexibility index (Phi) is 7.57. The van der Waals surface area contributed by atoms with Crippen LogP contribution >= 0.6 is 0 Å². The van der Waals surface area contributed by atoms with Gasteiger partial charge in [-0.25, -0.2) is 23.2 Å². The first-order valence-electron chi connectivity index (χ1n) is 15.3. The summed E-state index contributed by atoms with van der Waals surface area (Å²) in [6.45, 7) is 8.44. The molecule has 0 aliphatic carbocycles. The van der Waals surface area contributed by atoms with Gasteiger partial charge in [-0.15, -0.1) is 0 Å². The number of rotatable bonds is 5. The minimum Gasteiger partial charge on any atom is -0.483 e. The van der Waals surface area contributed by atoms with Crippen molar-refractivity contribution < 1.29 is 22.7 Å². The highest BCUT2D eigenvalue weighted by Crippen LogP contribution is 2.45. The average molecular weight is 619 g/mol. The number of fused-ring (bicyclic) bond motifs is 2. The molecule has 0 unspecified atom stereocenters. The third-order valence-corrected chi connectivity index (χ3v) is 10.9. The summed E-state index contributed by atoms with van der Waals surface area (Å²) in [5.74, 6) is 2.82. The summed E-state index contributed by atoms with van der Waals surface area (Å²) in [6, 6.07) is 14.5. The van der Waals surface area contributed by atoms with E-state index in [9.17, 15) is 13.2 Å². The molecule has 5 heterocycles. The highest BCUT2D eigenvalue weighted by atomic mass is 32.2. The Morgan fingerprint density at radius 3 is 2.61 bits per heavy atom. The van der Waals surface area contributed by atoms with E-state index in [1.165, 1.54) is 11.9 Å². The number of ether oxygens (including phenoxy) is 2. The van der Waals surface area contributed by atoms with Gasteiger partial charge in [0.25, 0.3) is 0 Å². The zero-order valence-electron chi connectivity index (χ0n) is 25.1. The van der Waals surface area contributed by atoms with Crippen molar-refractivity contribution in [2.45, 2.75) is 44.9 Å². The lowest BCUT2D eigenvalue weighted by Gasteiger charge is -2.43. The second kappa shape index (κ2) is 11.6. The molecule has 0 saturated carbocycles. The summed E-state index contributed by atoms with van der Waals surface area (Å²) in [5.41, 5.74) is 5.01. The first-order chi connectivity index (χ1) is 21.2. The third-order valence-electron chi connectivity index (χ3n) is 9.28. The van der Waals surface area contributed by atoms with Crippen LogP contribution in [0.3, 0.4) is 0 Å². The maximum Gasteiger partial charge on any atom is 0.410 e. The van der Waals surface area contributed by atoms with Gasteiger partial charge in [0.1, 0.15) is 36.4 Å². The number of sulfone groups is 1. The van der Waals surface area contributed by atoms with Gasteiger partial charge in [-0.1, -0.05) is 36.4 Å². The van der Waals surface area contributed by atoms with Crippen molar-refractivity contribution in [1.82, 2.24) is 19.8 Å². The zero-order valence-corrected chi connectivity index (χ0v) is 25.9. The predicted octanol–water partition coefficient (Wildman–Crippen LogP) is 4.03. The fourth-order valence-corrected chi connectivity index (χ4v) is 7.93. The molecular weight excluding hydrogens is 580 g/mol. The summed E-state index contributed by atoms with van der Waals surface area (Å²) in [6.07, 6.45) is 1.92. The molecule has 3 saturated heterocycles. The van der Waals surface area contributed by atoms with Gasteiger partial charge < -0.3 is 24.6 Å². The zero-order chi connectivity index (χ0) is 30.4. The van der Waals surface area contributed by atoms with E-state index >= 15 is 0 Å². The van der Waals surface area contributed by atoms with E-state index in [2.05, 4.69) is 39.2 Å². The molecule has 0 radical (unpaired) electrons. The standard InChI is InChI=1S/C32H38N6O5S/c1-21-14-24(25-16-38(17-25)26-8-9-37(18-26)32(39)42-19-23-6-4-3-5-7-23)15-27-29(21)43-22(2)28-30(35-27)33-20-34-31(28)36-10-12-44(40,41)13-11-36/h3-7,14-15,20,22,25-26H,8-13,16-19H2,1-2H3,(H,33,34,35)/t22-,26-/m0/s1. The van der Waals surface area contributed by atoms with Gasteiger partial charge in [0.05, 0.1) is 22.8 Å². The highest BCUT2D eigenvalue weighted by Gasteiger charge is 2.39. The molecule has 1 aromatic heterocycles. The van der Waals surface area contributed by atoms with E-state index in [1.54, 1.807) is 0 Å². The number of carbonyl (C=O) groups excluding carboxylic acids is 1. The lowest BCUT2D eigenvalue weighted by atomic mass is 9.88. The van der Waals surface area contributed by atoms with Gasteiger partial charge in [-0.05, 0) is 43.0 Å². The van der Waals surface area contributed by atoms with Crippen LogP contribution in [0.15, 0.2) is 48.8 Å². The summed E-state index contributed by atoms with van der Waals surface area (Å²) in [7, 11) is -3.01. The number of carbonyl (C=O) groups is 1. The van der Waals surface area contributed by atoms with Gasteiger partial charge in [-0.2, -0.15) is 0 Å². The van der Waals surface area contributed by atoms with Gasteiger partial charge >= 0.3 is 6.09 Å². The quantitative estimate of drug-likeness (QED) is 0.449. The Labute approximate surface area is 258 Å². The van der Waals surface area contributed by atoms with E-state index in [0.29, 0.717) is 50.6 Å². The molecule has 11 nitrogen and oxygen atoms in total. The molecule has 3 fully saturated rings. The minimum absolute atomic E-state index is 0.118. The van der Waals surface area contributed by atoms with Crippen LogP contribution in [0.25, 0.3) is 0 Å². The van der Waals surface area contributed by atoms with Gasteiger partial charge in [0.2, 0.25) is 0 Å². The number of likely N-dealkylation sites (tertiary alicyclic amines) is 2. The molecule has 7 rings (SSSR count). The monoisotopic (exact) mass is 618 g/mol. The smallest absolute Gasteiger partial charge is 0.410 e. The number of aryl methyl sites for hydroxylation is 1. The van der Waals surface area contributed by atoms with Crippen molar-refractivity contribution >= 4 is 33.3 Å². The van der Waals surface area contributed by atoms with Gasteiger partial charge in [-0.3, -0.25) is 4.90 Å². The number of anilines is 3. The van der Waals surface area contributed by atoms with Crippen LogP contribution in [0, 0.1) is 6.92 Å². The lowest BCUT2D eigenvalue weighted by molar-refractivity contribution is 0.0815. The summed E-state index contributed by atoms with van der Waals surface area (Å²) in [4.78, 5) is 28.1. The number of nitrogens with one attached hydrogen (secondary N) is 1. The van der Waals surface area contributed by atoms with Crippen LogP contribution in [-0.4, -0.2) is 91.1 Å². The van der Waals surface area contributed by atoms with Crippen molar-refractivity contribution in [1.29, 1.82) is 0 Å². The Morgan fingerprint density at radius 1 is 1.07 bits per heavy atom. The highest BCUT2D eigenvalue weighted by molar-refractivity contribution is 7.91. The summed E-state index contributed by atoms with van der Waals surface area (Å²) in [5, 5.41) is 3.53. The second-order valence-corrected chi connectivity index (χ2v) is 14.6. The van der Waals surface area contributed by atoms with Crippen molar-refractivity contribution in [2.75, 3.05) is 61.0 Å². The van der Waals surface area contributed by atoms with Gasteiger partial charge in [0, 0.05) is 51.2 Å². The normalized spacial score (nSPS) is 23.0. The molecule has 12 heteroatoms. The second-order valence-electron chi connectivity index (χ2n) is 12.3. The minimum atomic E-state index is -3.01. The molecular formula is C32H38N6O5S. The molecule has 1 N–H and O–H groups in total. The number of aromatic nitrogens is 2. The average Bonchev–Trinajstić information content (AvgIpc) is 3.41. The molecule has 2 atom stereocenters. The summed E-state index contributed by atoms with van der Waals surface area (Å²) < 4.78 is 36.1. The third kappa shape index (κ3) is 5.68. The van der Waals surface area contributed by atoms with E-state index in [0.717, 1.165) is 53.5 Å². The van der Waals surface area contributed by atoms with Crippen LogP contribution < -0.4 is 15.0 Å². The molecule has 0 bridgehead atoms. The van der Waals surface area contributed by atoms with Crippen LogP contribution in [0.1, 0.15) is 47.6 Å². The fourth-order valence-electron chi connectivity index (χ4n) is 6.72. The first-order valence-corrected chi connectivity index (χ1v) is 17.1. The Hall–Kier alpha value is -3.90. The van der Waals surface area contributed by atoms with E-state index < -0.39 is 9.84 Å². The number of amides is 1. The van der Waals surface area contributed by atoms with E-state index in [1.807, 2.05) is 47.1 Å². The number of hydrogen-bond donors (Lipinski definition) is 1. The molecule has 232 valence electrons. The van der Waals surface area contributed by atoms with Crippen LogP contribution in [0.4, 0.5) is 22.1 Å².